The number of aromatic nitrogens is 4. The number of rotatable bonds is 4. The minimum atomic E-state index is -0.175. The smallest absolute Gasteiger partial charge is 0.251 e. The molecule has 0 amide bonds. The van der Waals surface area contributed by atoms with Gasteiger partial charge in [0.05, 0.1) is 13.7 Å². The summed E-state index contributed by atoms with van der Waals surface area (Å²) in [5.41, 5.74) is 0.493. The van der Waals surface area contributed by atoms with Gasteiger partial charge in [-0.3, -0.25) is 4.79 Å². The van der Waals surface area contributed by atoms with E-state index in [9.17, 15) is 4.79 Å². The largest absolute Gasteiger partial charge is 0.481 e. The predicted molar refractivity (Wildman–Crippen MR) is 65.5 cm³/mol. The van der Waals surface area contributed by atoms with E-state index >= 15 is 0 Å². The summed E-state index contributed by atoms with van der Waals surface area (Å²) in [6, 6.07) is 3.09. The second kappa shape index (κ2) is 5.26. The van der Waals surface area contributed by atoms with E-state index in [1.807, 2.05) is 0 Å². The molecule has 0 aliphatic heterocycles. The first-order valence-electron chi connectivity index (χ1n) is 5.35. The van der Waals surface area contributed by atoms with E-state index < -0.39 is 0 Å². The Balaban J connectivity index is 2.08. The summed E-state index contributed by atoms with van der Waals surface area (Å²) in [4.78, 5) is 26.2. The van der Waals surface area contributed by atoms with Gasteiger partial charge in [0.1, 0.15) is 5.82 Å². The first-order chi connectivity index (χ1) is 8.67. The molecular formula is C11H13N5O2. The molecule has 0 saturated carbocycles. The lowest BCUT2D eigenvalue weighted by Crippen LogP contribution is -2.15. The molecule has 2 aromatic rings. The van der Waals surface area contributed by atoms with Crippen molar-refractivity contribution in [2.75, 3.05) is 12.4 Å². The number of aromatic amines is 1. The van der Waals surface area contributed by atoms with E-state index in [1.165, 1.54) is 13.2 Å². The molecule has 7 nitrogen and oxygen atoms in total. The molecule has 18 heavy (non-hydrogen) atoms. The van der Waals surface area contributed by atoms with Gasteiger partial charge in [-0.15, -0.1) is 0 Å². The molecule has 2 rings (SSSR count). The molecule has 2 heterocycles. The molecule has 2 N–H and O–H groups in total. The van der Waals surface area contributed by atoms with Crippen LogP contribution < -0.4 is 15.6 Å². The van der Waals surface area contributed by atoms with Gasteiger partial charge in [0.25, 0.3) is 5.56 Å². The van der Waals surface area contributed by atoms with Crippen LogP contribution in [0.3, 0.4) is 0 Å². The molecule has 0 saturated heterocycles. The molecular weight excluding hydrogens is 234 g/mol. The maximum Gasteiger partial charge on any atom is 0.251 e. The Morgan fingerprint density at radius 1 is 1.44 bits per heavy atom. The van der Waals surface area contributed by atoms with Crippen molar-refractivity contribution in [3.63, 3.8) is 0 Å². The molecule has 0 bridgehead atoms. The van der Waals surface area contributed by atoms with Gasteiger partial charge in [-0.1, -0.05) is 0 Å². The lowest BCUT2D eigenvalue weighted by atomic mass is 10.4. The number of nitrogens with one attached hydrogen (secondary N) is 2. The molecule has 0 unspecified atom stereocenters. The highest BCUT2D eigenvalue weighted by Crippen LogP contribution is 2.07. The monoisotopic (exact) mass is 247 g/mol. The summed E-state index contributed by atoms with van der Waals surface area (Å²) in [5.74, 6) is 1.42. The predicted octanol–water partition coefficient (Wildman–Crippen LogP) is 0.489. The number of ether oxygens (including phenoxy) is 1. The fourth-order valence-electron chi connectivity index (χ4n) is 1.43. The second-order valence-corrected chi connectivity index (χ2v) is 3.61. The molecule has 0 aliphatic carbocycles. The maximum atomic E-state index is 11.2. The van der Waals surface area contributed by atoms with Crippen molar-refractivity contribution in [2.45, 2.75) is 13.5 Å². The van der Waals surface area contributed by atoms with Crippen molar-refractivity contribution in [2.24, 2.45) is 0 Å². The van der Waals surface area contributed by atoms with Gasteiger partial charge < -0.3 is 15.0 Å². The van der Waals surface area contributed by atoms with Crippen LogP contribution in [0, 0.1) is 6.92 Å². The Morgan fingerprint density at radius 2 is 2.28 bits per heavy atom. The van der Waals surface area contributed by atoms with Crippen LogP contribution in [-0.4, -0.2) is 27.0 Å². The number of hydrogen-bond donors (Lipinski definition) is 2. The summed E-state index contributed by atoms with van der Waals surface area (Å²) < 4.78 is 4.98. The Hall–Kier alpha value is -2.44. The highest BCUT2D eigenvalue weighted by molar-refractivity contribution is 5.27. The zero-order chi connectivity index (χ0) is 13.0. The highest BCUT2D eigenvalue weighted by atomic mass is 16.5. The molecule has 2 aromatic heterocycles. The van der Waals surface area contributed by atoms with Crippen molar-refractivity contribution in [3.05, 3.63) is 40.2 Å². The summed E-state index contributed by atoms with van der Waals surface area (Å²) >= 11 is 0. The van der Waals surface area contributed by atoms with Crippen LogP contribution in [-0.2, 0) is 6.54 Å². The zero-order valence-corrected chi connectivity index (χ0v) is 10.1. The van der Waals surface area contributed by atoms with Crippen LogP contribution in [0.5, 0.6) is 5.88 Å². The first-order valence-corrected chi connectivity index (χ1v) is 5.35. The lowest BCUT2D eigenvalue weighted by molar-refractivity contribution is 0.397. The molecule has 0 aromatic carbocycles. The van der Waals surface area contributed by atoms with Crippen LogP contribution in [0.25, 0.3) is 0 Å². The Kier molecular flexibility index (Phi) is 3.52. The average molecular weight is 247 g/mol. The van der Waals surface area contributed by atoms with Crippen molar-refractivity contribution in [1.82, 2.24) is 19.9 Å². The zero-order valence-electron chi connectivity index (χ0n) is 10.1. The van der Waals surface area contributed by atoms with Crippen LogP contribution >= 0.6 is 0 Å². The highest BCUT2D eigenvalue weighted by Gasteiger charge is 2.01. The summed E-state index contributed by atoms with van der Waals surface area (Å²) in [7, 11) is 1.53. The van der Waals surface area contributed by atoms with E-state index in [-0.39, 0.29) is 5.56 Å². The summed E-state index contributed by atoms with van der Waals surface area (Å²) in [6.45, 7) is 2.10. The topological polar surface area (TPSA) is 92.8 Å². The van der Waals surface area contributed by atoms with Crippen LogP contribution in [0.4, 0.5) is 5.95 Å². The first kappa shape index (κ1) is 12.0. The number of H-pyrrole nitrogens is 1. The maximum absolute atomic E-state index is 11.2. The fraction of sp³-hybridized carbons (Fsp3) is 0.273. The fourth-order valence-corrected chi connectivity index (χ4v) is 1.43. The second-order valence-electron chi connectivity index (χ2n) is 3.61. The minimum absolute atomic E-state index is 0.175. The van der Waals surface area contributed by atoms with Gasteiger partial charge in [-0.25, -0.2) is 9.97 Å². The molecule has 0 aliphatic rings. The molecule has 7 heteroatoms. The number of methoxy groups -OCH3 is 1. The van der Waals surface area contributed by atoms with E-state index in [2.05, 4.69) is 25.3 Å². The SMILES string of the molecule is COc1ccnc(NCc2nc(C)cc(=O)[nH]2)n1. The number of hydrogen-bond acceptors (Lipinski definition) is 6. The summed E-state index contributed by atoms with van der Waals surface area (Å²) in [6.07, 6.45) is 1.58. The number of aryl methyl sites for hydroxylation is 1. The van der Waals surface area contributed by atoms with E-state index in [0.717, 1.165) is 0 Å². The minimum Gasteiger partial charge on any atom is -0.481 e. The molecule has 94 valence electrons. The van der Waals surface area contributed by atoms with Crippen molar-refractivity contribution in [3.8, 4) is 5.88 Å². The van der Waals surface area contributed by atoms with Crippen LogP contribution in [0.15, 0.2) is 23.1 Å². The van der Waals surface area contributed by atoms with Gasteiger partial charge >= 0.3 is 0 Å². The number of anilines is 1. The van der Waals surface area contributed by atoms with Crippen LogP contribution in [0.2, 0.25) is 0 Å². The van der Waals surface area contributed by atoms with Gasteiger partial charge in [0.15, 0.2) is 0 Å². The van der Waals surface area contributed by atoms with Crippen molar-refractivity contribution < 1.29 is 4.74 Å². The van der Waals surface area contributed by atoms with Crippen molar-refractivity contribution in [1.29, 1.82) is 0 Å². The Morgan fingerprint density at radius 3 is 3.00 bits per heavy atom. The van der Waals surface area contributed by atoms with E-state index in [1.54, 1.807) is 19.2 Å². The normalized spacial score (nSPS) is 10.1. The quantitative estimate of drug-likeness (QED) is 0.816. The third-order valence-electron chi connectivity index (χ3n) is 2.17. The third-order valence-corrected chi connectivity index (χ3v) is 2.17. The molecule has 0 radical (unpaired) electrons. The molecule has 0 spiro atoms. The van der Waals surface area contributed by atoms with Gasteiger partial charge in [-0.05, 0) is 6.92 Å². The number of nitrogens with zero attached hydrogens (tertiary/aromatic N) is 3. The van der Waals surface area contributed by atoms with Gasteiger partial charge in [-0.2, -0.15) is 4.98 Å². The third kappa shape index (κ3) is 3.03. The Labute approximate surface area is 103 Å². The van der Waals surface area contributed by atoms with Gasteiger partial charge in [0, 0.05) is 24.0 Å². The molecule has 0 atom stereocenters. The average Bonchev–Trinajstić information content (AvgIpc) is 2.35. The van der Waals surface area contributed by atoms with Crippen molar-refractivity contribution >= 4 is 5.95 Å². The Bertz CT molecular complexity index is 596. The standard InChI is InChI=1S/C11H13N5O2/c1-7-5-9(17)15-8(14-7)6-13-11-12-4-3-10(16-11)18-2/h3-5H,6H2,1-2H3,(H,12,13,16)(H,14,15,17). The lowest BCUT2D eigenvalue weighted by Gasteiger charge is -2.05. The summed E-state index contributed by atoms with van der Waals surface area (Å²) in [5, 5.41) is 2.96. The van der Waals surface area contributed by atoms with Gasteiger partial charge in [0.2, 0.25) is 11.8 Å². The van der Waals surface area contributed by atoms with E-state index in [4.69, 9.17) is 4.74 Å². The van der Waals surface area contributed by atoms with E-state index in [0.29, 0.717) is 29.9 Å². The molecule has 0 fully saturated rings. The van der Waals surface area contributed by atoms with Crippen LogP contribution in [0.1, 0.15) is 11.5 Å².